The van der Waals surface area contributed by atoms with E-state index in [9.17, 15) is 25.6 Å². The second-order valence-corrected chi connectivity index (χ2v) is 9.42. The first-order valence-electron chi connectivity index (χ1n) is 8.81. The standard InChI is InChI=1S/C18H22F2N2O5S2/c1-4-22(5-2)29(25,26)18-12-14(8-9-16(18)27-6-3)21-28(23,24)17-10-7-13(19)11-15(17)20/h7-12,21H,4-6H2,1-3H3. The van der Waals surface area contributed by atoms with E-state index in [1.807, 2.05) is 0 Å². The zero-order valence-corrected chi connectivity index (χ0v) is 17.8. The van der Waals surface area contributed by atoms with Crippen molar-refractivity contribution in [1.29, 1.82) is 0 Å². The third-order valence-corrected chi connectivity index (χ3v) is 7.49. The predicted octanol–water partition coefficient (Wildman–Crippen LogP) is 3.19. The third-order valence-electron chi connectivity index (χ3n) is 4.00. The highest BCUT2D eigenvalue weighted by Gasteiger charge is 2.27. The van der Waals surface area contributed by atoms with E-state index in [0.717, 1.165) is 18.2 Å². The van der Waals surface area contributed by atoms with Crippen LogP contribution in [0.4, 0.5) is 14.5 Å². The van der Waals surface area contributed by atoms with Crippen LogP contribution in [0.25, 0.3) is 0 Å². The number of hydrogen-bond donors (Lipinski definition) is 1. The van der Waals surface area contributed by atoms with Gasteiger partial charge in [0.25, 0.3) is 10.0 Å². The molecular formula is C18H22F2N2O5S2. The molecule has 1 N–H and O–H groups in total. The van der Waals surface area contributed by atoms with E-state index in [0.29, 0.717) is 6.07 Å². The number of halogens is 2. The molecule has 29 heavy (non-hydrogen) atoms. The number of sulfonamides is 2. The molecule has 0 saturated heterocycles. The molecule has 0 aliphatic carbocycles. The number of benzene rings is 2. The van der Waals surface area contributed by atoms with Crippen LogP contribution >= 0.6 is 0 Å². The summed E-state index contributed by atoms with van der Waals surface area (Å²) in [4.78, 5) is -0.983. The SMILES string of the molecule is CCOc1ccc(NS(=O)(=O)c2ccc(F)cc2F)cc1S(=O)(=O)N(CC)CC. The summed E-state index contributed by atoms with van der Waals surface area (Å²) < 4.78 is 86.5. The number of ether oxygens (including phenoxy) is 1. The Labute approximate surface area is 169 Å². The molecule has 0 spiro atoms. The van der Waals surface area contributed by atoms with E-state index >= 15 is 0 Å². The minimum atomic E-state index is -4.42. The van der Waals surface area contributed by atoms with E-state index in [1.165, 1.54) is 16.4 Å². The van der Waals surface area contributed by atoms with Gasteiger partial charge in [-0.25, -0.2) is 25.6 Å². The van der Waals surface area contributed by atoms with Crippen molar-refractivity contribution < 1.29 is 30.4 Å². The summed E-state index contributed by atoms with van der Waals surface area (Å²) in [6.07, 6.45) is 0. The van der Waals surface area contributed by atoms with Gasteiger partial charge in [0.2, 0.25) is 10.0 Å². The Bertz CT molecular complexity index is 1090. The quantitative estimate of drug-likeness (QED) is 0.636. The lowest BCUT2D eigenvalue weighted by Crippen LogP contribution is -2.31. The fourth-order valence-electron chi connectivity index (χ4n) is 2.65. The van der Waals surface area contributed by atoms with Crippen LogP contribution in [0.5, 0.6) is 5.75 Å². The van der Waals surface area contributed by atoms with Gasteiger partial charge in [0.05, 0.1) is 12.3 Å². The van der Waals surface area contributed by atoms with Crippen molar-refractivity contribution in [2.75, 3.05) is 24.4 Å². The summed E-state index contributed by atoms with van der Waals surface area (Å²) in [7, 11) is -8.38. The molecule has 11 heteroatoms. The highest BCUT2D eigenvalue weighted by Crippen LogP contribution is 2.31. The Kier molecular flexibility index (Phi) is 7.20. The summed E-state index contributed by atoms with van der Waals surface area (Å²) >= 11 is 0. The van der Waals surface area contributed by atoms with Crippen LogP contribution in [-0.2, 0) is 20.0 Å². The molecule has 0 aliphatic heterocycles. The lowest BCUT2D eigenvalue weighted by atomic mass is 10.3. The molecule has 2 rings (SSSR count). The molecule has 0 aromatic heterocycles. The van der Waals surface area contributed by atoms with Crippen LogP contribution < -0.4 is 9.46 Å². The number of rotatable bonds is 9. The molecule has 2 aromatic rings. The van der Waals surface area contributed by atoms with Crippen LogP contribution in [0.2, 0.25) is 0 Å². The smallest absolute Gasteiger partial charge is 0.264 e. The maximum Gasteiger partial charge on any atom is 0.264 e. The molecule has 2 aromatic carbocycles. The minimum Gasteiger partial charge on any atom is -0.492 e. The van der Waals surface area contributed by atoms with Crippen molar-refractivity contribution in [2.45, 2.75) is 30.6 Å². The Balaban J connectivity index is 2.52. The van der Waals surface area contributed by atoms with Gasteiger partial charge in [-0.3, -0.25) is 4.72 Å². The van der Waals surface area contributed by atoms with Gasteiger partial charge in [0.1, 0.15) is 27.2 Å². The van der Waals surface area contributed by atoms with Crippen LogP contribution in [-0.4, -0.2) is 40.8 Å². The molecule has 7 nitrogen and oxygen atoms in total. The molecule has 160 valence electrons. The lowest BCUT2D eigenvalue weighted by Gasteiger charge is -2.21. The first-order chi connectivity index (χ1) is 13.6. The van der Waals surface area contributed by atoms with Crippen molar-refractivity contribution in [1.82, 2.24) is 4.31 Å². The number of hydrogen-bond acceptors (Lipinski definition) is 5. The predicted molar refractivity (Wildman–Crippen MR) is 105 cm³/mol. The third kappa shape index (κ3) is 5.03. The second-order valence-electron chi connectivity index (χ2n) is 5.86. The van der Waals surface area contributed by atoms with Crippen LogP contribution in [0, 0.1) is 11.6 Å². The molecule has 0 amide bonds. The van der Waals surface area contributed by atoms with Crippen molar-refractivity contribution in [2.24, 2.45) is 0 Å². The maximum atomic E-state index is 13.9. The van der Waals surface area contributed by atoms with Gasteiger partial charge in [0.15, 0.2) is 0 Å². The molecule has 0 unspecified atom stereocenters. The number of nitrogens with zero attached hydrogens (tertiary/aromatic N) is 1. The van der Waals surface area contributed by atoms with Crippen molar-refractivity contribution >= 4 is 25.7 Å². The molecule has 0 saturated carbocycles. The van der Waals surface area contributed by atoms with Crippen LogP contribution in [0.1, 0.15) is 20.8 Å². The van der Waals surface area contributed by atoms with Crippen molar-refractivity contribution in [3.05, 3.63) is 48.0 Å². The Hall–Kier alpha value is -2.24. The van der Waals surface area contributed by atoms with Gasteiger partial charge in [-0.15, -0.1) is 0 Å². The second kappa shape index (κ2) is 9.06. The van der Waals surface area contributed by atoms with Gasteiger partial charge in [-0.2, -0.15) is 4.31 Å². The first kappa shape index (κ1) is 23.0. The molecular weight excluding hydrogens is 426 g/mol. The zero-order valence-electron chi connectivity index (χ0n) is 16.1. The Morgan fingerprint density at radius 2 is 1.59 bits per heavy atom. The van der Waals surface area contributed by atoms with Crippen LogP contribution in [0.3, 0.4) is 0 Å². The molecule has 0 radical (unpaired) electrons. The molecule has 0 atom stereocenters. The fourth-order valence-corrected chi connectivity index (χ4v) is 5.38. The maximum absolute atomic E-state index is 13.9. The normalized spacial score (nSPS) is 12.2. The number of nitrogens with one attached hydrogen (secondary N) is 1. The topological polar surface area (TPSA) is 92.8 Å². The van der Waals surface area contributed by atoms with Gasteiger partial charge in [0, 0.05) is 19.2 Å². The average molecular weight is 449 g/mol. The zero-order chi connectivity index (χ0) is 21.8. The molecule has 0 aliphatic rings. The summed E-state index contributed by atoms with van der Waals surface area (Å²) in [6.45, 7) is 5.65. The minimum absolute atomic E-state index is 0.0651. The lowest BCUT2D eigenvalue weighted by molar-refractivity contribution is 0.329. The van der Waals surface area contributed by atoms with Gasteiger partial charge < -0.3 is 4.74 Å². The molecule has 0 heterocycles. The first-order valence-corrected chi connectivity index (χ1v) is 11.7. The molecule has 0 fully saturated rings. The van der Waals surface area contributed by atoms with E-state index in [2.05, 4.69) is 4.72 Å². The van der Waals surface area contributed by atoms with E-state index < -0.39 is 36.6 Å². The van der Waals surface area contributed by atoms with E-state index in [4.69, 9.17) is 4.74 Å². The van der Waals surface area contributed by atoms with Crippen molar-refractivity contribution in [3.8, 4) is 5.75 Å². The van der Waals surface area contributed by atoms with E-state index in [1.54, 1.807) is 20.8 Å². The highest BCUT2D eigenvalue weighted by atomic mass is 32.2. The monoisotopic (exact) mass is 448 g/mol. The van der Waals surface area contributed by atoms with Crippen LogP contribution in [0.15, 0.2) is 46.2 Å². The van der Waals surface area contributed by atoms with Gasteiger partial charge in [-0.05, 0) is 37.3 Å². The highest BCUT2D eigenvalue weighted by molar-refractivity contribution is 7.92. The van der Waals surface area contributed by atoms with E-state index in [-0.39, 0.29) is 36.0 Å². The average Bonchev–Trinajstić information content (AvgIpc) is 2.63. The Morgan fingerprint density at radius 3 is 2.14 bits per heavy atom. The summed E-state index contributed by atoms with van der Waals surface area (Å²) in [6, 6.07) is 5.77. The largest absolute Gasteiger partial charge is 0.492 e. The van der Waals surface area contributed by atoms with Gasteiger partial charge >= 0.3 is 0 Å². The summed E-state index contributed by atoms with van der Waals surface area (Å²) in [5, 5.41) is 0. The summed E-state index contributed by atoms with van der Waals surface area (Å²) in [5.74, 6) is -2.12. The summed E-state index contributed by atoms with van der Waals surface area (Å²) in [5.41, 5.74) is -0.108. The molecule has 0 bridgehead atoms. The van der Waals surface area contributed by atoms with Gasteiger partial charge in [-0.1, -0.05) is 13.8 Å². The number of anilines is 1. The van der Waals surface area contributed by atoms with Crippen molar-refractivity contribution in [3.63, 3.8) is 0 Å². The Morgan fingerprint density at radius 1 is 0.931 bits per heavy atom. The fraction of sp³-hybridized carbons (Fsp3) is 0.333.